The fourth-order valence-electron chi connectivity index (χ4n) is 2.31. The minimum Gasteiger partial charge on any atom is -0.378 e. The number of nitrogens with zero attached hydrogens (tertiary/aromatic N) is 1. The van der Waals surface area contributed by atoms with Crippen LogP contribution in [-0.4, -0.2) is 70.3 Å². The summed E-state index contributed by atoms with van der Waals surface area (Å²) >= 11 is 0. The molecule has 2 aliphatic heterocycles. The molecule has 2 fully saturated rings. The van der Waals surface area contributed by atoms with Gasteiger partial charge in [-0.2, -0.15) is 0 Å². The SMILES string of the molecule is C1CCC(OCCOCCN2CCNCC2)OC1. The average Bonchev–Trinajstić information content (AvgIpc) is 2.45. The zero-order valence-corrected chi connectivity index (χ0v) is 11.2. The first-order valence-corrected chi connectivity index (χ1v) is 7.19. The molecule has 0 aliphatic carbocycles. The molecule has 5 heteroatoms. The minimum absolute atomic E-state index is 0.00974. The molecule has 2 aliphatic rings. The fraction of sp³-hybridized carbons (Fsp3) is 1.00. The average molecular weight is 258 g/mol. The molecule has 106 valence electrons. The van der Waals surface area contributed by atoms with Crippen LogP contribution in [0.4, 0.5) is 0 Å². The lowest BCUT2D eigenvalue weighted by atomic mass is 10.2. The molecule has 0 radical (unpaired) electrons. The van der Waals surface area contributed by atoms with Crippen molar-refractivity contribution in [3.05, 3.63) is 0 Å². The molecule has 0 amide bonds. The van der Waals surface area contributed by atoms with E-state index in [-0.39, 0.29) is 6.29 Å². The summed E-state index contributed by atoms with van der Waals surface area (Å²) in [6.45, 7) is 8.46. The Bertz CT molecular complexity index is 182. The van der Waals surface area contributed by atoms with E-state index in [0.29, 0.717) is 13.2 Å². The van der Waals surface area contributed by atoms with Gasteiger partial charge in [0.15, 0.2) is 6.29 Å². The number of piperazine rings is 1. The highest BCUT2D eigenvalue weighted by Gasteiger charge is 2.13. The molecule has 2 saturated heterocycles. The third-order valence-electron chi connectivity index (χ3n) is 3.43. The highest BCUT2D eigenvalue weighted by molar-refractivity contribution is 4.66. The molecule has 1 N–H and O–H groups in total. The highest BCUT2D eigenvalue weighted by atomic mass is 16.7. The van der Waals surface area contributed by atoms with Gasteiger partial charge in [-0.25, -0.2) is 0 Å². The summed E-state index contributed by atoms with van der Waals surface area (Å²) in [4.78, 5) is 2.43. The van der Waals surface area contributed by atoms with Crippen molar-refractivity contribution in [3.63, 3.8) is 0 Å². The van der Waals surface area contributed by atoms with Gasteiger partial charge in [0.25, 0.3) is 0 Å². The van der Waals surface area contributed by atoms with E-state index in [0.717, 1.165) is 52.4 Å². The summed E-state index contributed by atoms with van der Waals surface area (Å²) in [7, 11) is 0. The summed E-state index contributed by atoms with van der Waals surface area (Å²) in [6, 6.07) is 0. The normalized spacial score (nSPS) is 26.3. The first-order valence-electron chi connectivity index (χ1n) is 7.19. The maximum absolute atomic E-state index is 5.60. The van der Waals surface area contributed by atoms with Crippen molar-refractivity contribution >= 4 is 0 Å². The van der Waals surface area contributed by atoms with Crippen LogP contribution in [0, 0.1) is 0 Å². The standard InChI is InChI=1S/C13H26N2O3/c1-2-9-17-13(3-1)18-12-11-16-10-8-15-6-4-14-5-7-15/h13-14H,1-12H2. The van der Waals surface area contributed by atoms with Gasteiger partial charge < -0.3 is 19.5 Å². The molecule has 1 atom stereocenters. The highest BCUT2D eigenvalue weighted by Crippen LogP contribution is 2.13. The molecule has 2 heterocycles. The van der Waals surface area contributed by atoms with Crippen molar-refractivity contribution in [2.45, 2.75) is 25.6 Å². The van der Waals surface area contributed by atoms with E-state index in [1.165, 1.54) is 12.8 Å². The van der Waals surface area contributed by atoms with Gasteiger partial charge in [0.2, 0.25) is 0 Å². The molecule has 0 bridgehead atoms. The molecular weight excluding hydrogens is 232 g/mol. The molecule has 0 aromatic rings. The third-order valence-corrected chi connectivity index (χ3v) is 3.43. The molecule has 5 nitrogen and oxygen atoms in total. The maximum Gasteiger partial charge on any atom is 0.157 e. The van der Waals surface area contributed by atoms with Crippen LogP contribution in [0.15, 0.2) is 0 Å². The van der Waals surface area contributed by atoms with Crippen LogP contribution in [0.3, 0.4) is 0 Å². The van der Waals surface area contributed by atoms with E-state index in [1.54, 1.807) is 0 Å². The van der Waals surface area contributed by atoms with Gasteiger partial charge in [-0.05, 0) is 19.3 Å². The van der Waals surface area contributed by atoms with Crippen LogP contribution < -0.4 is 5.32 Å². The molecule has 0 aromatic carbocycles. The summed E-state index contributed by atoms with van der Waals surface area (Å²) in [5.74, 6) is 0. The van der Waals surface area contributed by atoms with Gasteiger partial charge in [-0.15, -0.1) is 0 Å². The topological polar surface area (TPSA) is 43.0 Å². The van der Waals surface area contributed by atoms with Crippen LogP contribution in [0.1, 0.15) is 19.3 Å². The van der Waals surface area contributed by atoms with Crippen LogP contribution in [-0.2, 0) is 14.2 Å². The Labute approximate surface area is 110 Å². The molecule has 18 heavy (non-hydrogen) atoms. The second-order valence-electron chi connectivity index (χ2n) is 4.87. The lowest BCUT2D eigenvalue weighted by Crippen LogP contribution is -2.44. The number of nitrogens with one attached hydrogen (secondary N) is 1. The van der Waals surface area contributed by atoms with Gasteiger partial charge in [-0.1, -0.05) is 0 Å². The van der Waals surface area contributed by atoms with Crippen LogP contribution in [0.25, 0.3) is 0 Å². The van der Waals surface area contributed by atoms with Crippen molar-refractivity contribution in [2.24, 2.45) is 0 Å². The van der Waals surface area contributed by atoms with Gasteiger partial charge in [0, 0.05) is 39.3 Å². The van der Waals surface area contributed by atoms with Gasteiger partial charge in [0.05, 0.1) is 19.8 Å². The minimum atomic E-state index is 0.00974. The lowest BCUT2D eigenvalue weighted by Gasteiger charge is -2.27. The van der Waals surface area contributed by atoms with E-state index < -0.39 is 0 Å². The summed E-state index contributed by atoms with van der Waals surface area (Å²) in [6.07, 6.45) is 3.42. The second-order valence-corrected chi connectivity index (χ2v) is 4.87. The molecule has 0 spiro atoms. The van der Waals surface area contributed by atoms with Crippen molar-refractivity contribution in [2.75, 3.05) is 59.2 Å². The Morgan fingerprint density at radius 1 is 1.11 bits per heavy atom. The first kappa shape index (κ1) is 14.2. The van der Waals surface area contributed by atoms with Crippen molar-refractivity contribution in [1.82, 2.24) is 10.2 Å². The first-order chi connectivity index (χ1) is 8.95. The largest absolute Gasteiger partial charge is 0.378 e. The molecular formula is C13H26N2O3. The predicted octanol–water partition coefficient (Wildman–Crippen LogP) is 0.451. The van der Waals surface area contributed by atoms with E-state index in [2.05, 4.69) is 10.2 Å². The van der Waals surface area contributed by atoms with Crippen molar-refractivity contribution in [3.8, 4) is 0 Å². The third kappa shape index (κ3) is 5.63. The van der Waals surface area contributed by atoms with Crippen LogP contribution >= 0.6 is 0 Å². The Kier molecular flexibility index (Phi) is 6.97. The Morgan fingerprint density at radius 2 is 2.00 bits per heavy atom. The van der Waals surface area contributed by atoms with Crippen LogP contribution in [0.5, 0.6) is 0 Å². The Balaban J connectivity index is 1.39. The van der Waals surface area contributed by atoms with E-state index in [1.807, 2.05) is 0 Å². The van der Waals surface area contributed by atoms with Crippen LogP contribution in [0.2, 0.25) is 0 Å². The fourth-order valence-corrected chi connectivity index (χ4v) is 2.31. The second kappa shape index (κ2) is 8.82. The predicted molar refractivity (Wildman–Crippen MR) is 69.7 cm³/mol. The lowest BCUT2D eigenvalue weighted by molar-refractivity contribution is -0.169. The molecule has 1 unspecified atom stereocenters. The zero-order valence-electron chi connectivity index (χ0n) is 11.2. The van der Waals surface area contributed by atoms with Crippen molar-refractivity contribution in [1.29, 1.82) is 0 Å². The molecule has 0 saturated carbocycles. The van der Waals surface area contributed by atoms with Crippen molar-refractivity contribution < 1.29 is 14.2 Å². The van der Waals surface area contributed by atoms with Gasteiger partial charge in [-0.3, -0.25) is 4.90 Å². The van der Waals surface area contributed by atoms with Gasteiger partial charge in [0.1, 0.15) is 0 Å². The number of hydrogen-bond acceptors (Lipinski definition) is 5. The summed E-state index contributed by atoms with van der Waals surface area (Å²) < 4.78 is 16.7. The molecule has 2 rings (SSSR count). The van der Waals surface area contributed by atoms with Gasteiger partial charge >= 0.3 is 0 Å². The number of hydrogen-bond donors (Lipinski definition) is 1. The number of ether oxygens (including phenoxy) is 3. The maximum atomic E-state index is 5.60. The smallest absolute Gasteiger partial charge is 0.157 e. The quantitative estimate of drug-likeness (QED) is 0.672. The van der Waals surface area contributed by atoms with E-state index in [9.17, 15) is 0 Å². The number of rotatable bonds is 7. The molecule has 0 aromatic heterocycles. The monoisotopic (exact) mass is 258 g/mol. The Hall–Kier alpha value is -0.200. The van der Waals surface area contributed by atoms with E-state index >= 15 is 0 Å². The zero-order chi connectivity index (χ0) is 12.5. The van der Waals surface area contributed by atoms with E-state index in [4.69, 9.17) is 14.2 Å². The summed E-state index contributed by atoms with van der Waals surface area (Å²) in [5.41, 5.74) is 0. The summed E-state index contributed by atoms with van der Waals surface area (Å²) in [5, 5.41) is 3.35. The Morgan fingerprint density at radius 3 is 2.78 bits per heavy atom.